The summed E-state index contributed by atoms with van der Waals surface area (Å²) in [6.45, 7) is 0.610. The average Bonchev–Trinajstić information content (AvgIpc) is 3.32. The molecule has 0 fully saturated rings. The molecule has 0 spiro atoms. The molecule has 0 bridgehead atoms. The van der Waals surface area contributed by atoms with Gasteiger partial charge in [0, 0.05) is 0 Å². The number of fused-ring (bicyclic) bond motifs is 1. The summed E-state index contributed by atoms with van der Waals surface area (Å²) < 4.78 is 12.6. The normalized spacial score (nSPS) is 10.7. The van der Waals surface area contributed by atoms with Gasteiger partial charge in [0.15, 0.2) is 11.4 Å². The monoisotopic (exact) mass is 330 g/mol. The number of rotatable bonds is 4. The van der Waals surface area contributed by atoms with Crippen LogP contribution in [0.5, 0.6) is 5.75 Å². The topological polar surface area (TPSA) is 66.0 Å². The molecule has 1 aromatic carbocycles. The van der Waals surface area contributed by atoms with Crippen molar-refractivity contribution >= 4 is 11.2 Å². The van der Waals surface area contributed by atoms with Crippen LogP contribution in [0.25, 0.3) is 22.6 Å². The summed E-state index contributed by atoms with van der Waals surface area (Å²) >= 11 is 0. The third-order valence-corrected chi connectivity index (χ3v) is 3.86. The highest BCUT2D eigenvalue weighted by molar-refractivity contribution is 5.86. The Morgan fingerprint density at radius 1 is 1.20 bits per heavy atom. The molecular formula is C19H14N4O2. The maximum Gasteiger partial charge on any atom is 0.207 e. The molecule has 0 N–H and O–H groups in total. The van der Waals surface area contributed by atoms with Gasteiger partial charge >= 0.3 is 0 Å². The van der Waals surface area contributed by atoms with Gasteiger partial charge in [-0.3, -0.25) is 0 Å². The molecule has 0 atom stereocenters. The van der Waals surface area contributed by atoms with Crippen LogP contribution in [0.2, 0.25) is 0 Å². The fraction of sp³-hybridized carbons (Fsp3) is 0.105. The number of aromatic nitrogens is 4. The van der Waals surface area contributed by atoms with Crippen molar-refractivity contribution in [3.05, 3.63) is 60.4 Å². The molecule has 0 amide bonds. The standard InChI is InChI=1S/C19H14N4O2/c1-3-16-21-17(15-5-4-10-25-15)18-19(22-16)23(12-20-18)11-13-6-8-14(24-2)9-7-13/h1,4-10,12H,11H2,2H3. The zero-order valence-electron chi connectivity index (χ0n) is 13.5. The van der Waals surface area contributed by atoms with Crippen LogP contribution in [0.4, 0.5) is 0 Å². The molecule has 0 saturated heterocycles. The van der Waals surface area contributed by atoms with E-state index in [1.165, 1.54) is 0 Å². The Kier molecular flexibility index (Phi) is 3.67. The summed E-state index contributed by atoms with van der Waals surface area (Å²) in [5, 5.41) is 0. The number of nitrogens with zero attached hydrogens (tertiary/aromatic N) is 4. The van der Waals surface area contributed by atoms with E-state index in [0.29, 0.717) is 35.0 Å². The van der Waals surface area contributed by atoms with Crippen LogP contribution in [0.1, 0.15) is 11.4 Å². The molecule has 6 heteroatoms. The minimum atomic E-state index is 0.301. The van der Waals surface area contributed by atoms with E-state index in [0.717, 1.165) is 11.3 Å². The minimum Gasteiger partial charge on any atom is -0.497 e. The molecule has 6 nitrogen and oxygen atoms in total. The van der Waals surface area contributed by atoms with Crippen molar-refractivity contribution in [1.82, 2.24) is 19.5 Å². The van der Waals surface area contributed by atoms with Crippen LogP contribution in [0.15, 0.2) is 53.4 Å². The highest BCUT2D eigenvalue weighted by atomic mass is 16.5. The largest absolute Gasteiger partial charge is 0.497 e. The summed E-state index contributed by atoms with van der Waals surface area (Å²) in [5.41, 5.74) is 3.02. The predicted molar refractivity (Wildman–Crippen MR) is 93.1 cm³/mol. The van der Waals surface area contributed by atoms with Crippen molar-refractivity contribution in [3.63, 3.8) is 0 Å². The summed E-state index contributed by atoms with van der Waals surface area (Å²) in [6, 6.07) is 11.5. The van der Waals surface area contributed by atoms with Gasteiger partial charge in [-0.05, 0) is 35.7 Å². The summed E-state index contributed by atoms with van der Waals surface area (Å²) in [7, 11) is 1.65. The second-order valence-electron chi connectivity index (χ2n) is 5.41. The van der Waals surface area contributed by atoms with E-state index < -0.39 is 0 Å². The van der Waals surface area contributed by atoms with Gasteiger partial charge in [-0.25, -0.2) is 15.0 Å². The molecule has 0 radical (unpaired) electrons. The van der Waals surface area contributed by atoms with Gasteiger partial charge < -0.3 is 13.7 Å². The van der Waals surface area contributed by atoms with Gasteiger partial charge in [-0.2, -0.15) is 0 Å². The van der Waals surface area contributed by atoms with Gasteiger partial charge in [0.1, 0.15) is 17.0 Å². The Morgan fingerprint density at radius 3 is 2.72 bits per heavy atom. The number of hydrogen-bond acceptors (Lipinski definition) is 5. The van der Waals surface area contributed by atoms with E-state index in [2.05, 4.69) is 20.9 Å². The fourth-order valence-corrected chi connectivity index (χ4v) is 2.64. The van der Waals surface area contributed by atoms with Crippen molar-refractivity contribution in [2.24, 2.45) is 0 Å². The first-order valence-electron chi connectivity index (χ1n) is 7.65. The lowest BCUT2D eigenvalue weighted by Gasteiger charge is -2.06. The molecule has 3 aromatic heterocycles. The van der Waals surface area contributed by atoms with Gasteiger partial charge in [0.2, 0.25) is 5.82 Å². The van der Waals surface area contributed by atoms with Crippen molar-refractivity contribution in [2.45, 2.75) is 6.54 Å². The van der Waals surface area contributed by atoms with Gasteiger partial charge in [0.05, 0.1) is 26.2 Å². The molecule has 25 heavy (non-hydrogen) atoms. The number of ether oxygens (including phenoxy) is 1. The highest BCUT2D eigenvalue weighted by Gasteiger charge is 2.16. The van der Waals surface area contributed by atoms with Crippen LogP contribution in [-0.2, 0) is 6.54 Å². The summed E-state index contributed by atoms with van der Waals surface area (Å²) in [5.74, 6) is 4.22. The molecule has 0 unspecified atom stereocenters. The SMILES string of the molecule is C#Cc1nc(-c2ccco2)c2ncn(Cc3ccc(OC)cc3)c2n1. The van der Waals surface area contributed by atoms with Gasteiger partial charge in [-0.1, -0.05) is 12.1 Å². The van der Waals surface area contributed by atoms with Crippen LogP contribution < -0.4 is 4.74 Å². The quantitative estimate of drug-likeness (QED) is 0.538. The van der Waals surface area contributed by atoms with Crippen molar-refractivity contribution in [2.75, 3.05) is 7.11 Å². The molecule has 4 aromatic rings. The van der Waals surface area contributed by atoms with Crippen LogP contribution >= 0.6 is 0 Å². The van der Waals surface area contributed by atoms with Crippen LogP contribution in [-0.4, -0.2) is 26.6 Å². The molecule has 3 heterocycles. The summed E-state index contributed by atoms with van der Waals surface area (Å²) in [6.07, 6.45) is 8.84. The molecule has 0 aliphatic rings. The van der Waals surface area contributed by atoms with Crippen LogP contribution in [0.3, 0.4) is 0 Å². The number of methoxy groups -OCH3 is 1. The number of imidazole rings is 1. The second kappa shape index (κ2) is 6.13. The van der Waals surface area contributed by atoms with E-state index in [4.69, 9.17) is 15.6 Å². The average molecular weight is 330 g/mol. The van der Waals surface area contributed by atoms with Crippen molar-refractivity contribution in [1.29, 1.82) is 0 Å². The van der Waals surface area contributed by atoms with E-state index in [9.17, 15) is 0 Å². The molecule has 0 aliphatic carbocycles. The Bertz CT molecular complexity index is 1060. The molecule has 122 valence electrons. The van der Waals surface area contributed by atoms with Crippen molar-refractivity contribution in [3.8, 4) is 29.5 Å². The Labute approximate surface area is 144 Å². The third kappa shape index (κ3) is 2.72. The molecular weight excluding hydrogens is 316 g/mol. The van der Waals surface area contributed by atoms with E-state index in [1.807, 2.05) is 34.9 Å². The maximum absolute atomic E-state index is 5.52. The third-order valence-electron chi connectivity index (χ3n) is 3.86. The predicted octanol–water partition coefficient (Wildman–Crippen LogP) is 3.12. The zero-order valence-corrected chi connectivity index (χ0v) is 13.5. The molecule has 0 aliphatic heterocycles. The van der Waals surface area contributed by atoms with E-state index in [-0.39, 0.29) is 0 Å². The fourth-order valence-electron chi connectivity index (χ4n) is 2.64. The Morgan fingerprint density at radius 2 is 2.04 bits per heavy atom. The van der Waals surface area contributed by atoms with Crippen LogP contribution in [0, 0.1) is 12.3 Å². The van der Waals surface area contributed by atoms with E-state index in [1.54, 1.807) is 25.8 Å². The smallest absolute Gasteiger partial charge is 0.207 e. The first kappa shape index (κ1) is 15.0. The second-order valence-corrected chi connectivity index (χ2v) is 5.41. The van der Waals surface area contributed by atoms with E-state index >= 15 is 0 Å². The first-order chi connectivity index (χ1) is 12.3. The van der Waals surface area contributed by atoms with Gasteiger partial charge in [0.25, 0.3) is 0 Å². The maximum atomic E-state index is 5.52. The lowest BCUT2D eigenvalue weighted by atomic mass is 10.2. The molecule has 0 saturated carbocycles. The van der Waals surface area contributed by atoms with Gasteiger partial charge in [-0.15, -0.1) is 6.42 Å². The summed E-state index contributed by atoms with van der Waals surface area (Å²) in [4.78, 5) is 13.3. The number of furan rings is 1. The molecule has 4 rings (SSSR count). The van der Waals surface area contributed by atoms with Crippen molar-refractivity contribution < 1.29 is 9.15 Å². The lowest BCUT2D eigenvalue weighted by molar-refractivity contribution is 0.414. The number of hydrogen-bond donors (Lipinski definition) is 0. The minimum absolute atomic E-state index is 0.301. The highest BCUT2D eigenvalue weighted by Crippen LogP contribution is 2.26. The zero-order chi connectivity index (χ0) is 17.2. The Hall–Kier alpha value is -3.59. The Balaban J connectivity index is 1.80. The first-order valence-corrected chi connectivity index (χ1v) is 7.65. The lowest BCUT2D eigenvalue weighted by Crippen LogP contribution is -2.02. The number of benzene rings is 1. The number of terminal acetylenes is 1.